The molecule has 3 nitrogen and oxygen atoms in total. The van der Waals surface area contributed by atoms with Gasteiger partial charge in [0, 0.05) is 11.1 Å². The van der Waals surface area contributed by atoms with Gasteiger partial charge in [0.25, 0.3) is 0 Å². The Morgan fingerprint density at radius 2 is 1.77 bits per heavy atom. The summed E-state index contributed by atoms with van der Waals surface area (Å²) in [7, 11) is 0. The molecule has 0 radical (unpaired) electrons. The summed E-state index contributed by atoms with van der Waals surface area (Å²) >= 11 is 0. The summed E-state index contributed by atoms with van der Waals surface area (Å²) < 4.78 is 46.7. The van der Waals surface area contributed by atoms with Crippen LogP contribution in [0.5, 0.6) is 11.5 Å². The van der Waals surface area contributed by atoms with Crippen molar-refractivity contribution in [3.05, 3.63) is 48.0 Å². The minimum absolute atomic E-state index is 0.185. The fourth-order valence-electron chi connectivity index (χ4n) is 1.96. The predicted molar refractivity (Wildman–Crippen MR) is 75.1 cm³/mol. The zero-order valence-electron chi connectivity index (χ0n) is 11.7. The van der Waals surface area contributed by atoms with Gasteiger partial charge in [0.2, 0.25) is 0 Å². The lowest BCUT2D eigenvalue weighted by Crippen LogP contribution is -2.17. The second-order valence-corrected chi connectivity index (χ2v) is 4.38. The topological polar surface area (TPSA) is 35.5 Å². The molecule has 0 saturated carbocycles. The number of rotatable bonds is 5. The standard InChI is InChI=1S/C16H13F3O3/c1-2-21-13-6-4-12(5-7-13)14-9-11(10-20)3-8-15(14)22-16(17,18)19/h3-10H,2H2,1H3. The van der Waals surface area contributed by atoms with Crippen molar-refractivity contribution in [3.8, 4) is 22.6 Å². The van der Waals surface area contributed by atoms with E-state index in [1.54, 1.807) is 24.3 Å². The highest BCUT2D eigenvalue weighted by molar-refractivity contribution is 5.81. The van der Waals surface area contributed by atoms with Crippen molar-refractivity contribution in [3.63, 3.8) is 0 Å². The van der Waals surface area contributed by atoms with Crippen LogP contribution >= 0.6 is 0 Å². The molecule has 0 N–H and O–H groups in total. The van der Waals surface area contributed by atoms with Crippen LogP contribution in [0.2, 0.25) is 0 Å². The smallest absolute Gasteiger partial charge is 0.494 e. The first-order valence-corrected chi connectivity index (χ1v) is 6.51. The van der Waals surface area contributed by atoms with Gasteiger partial charge >= 0.3 is 6.36 Å². The highest BCUT2D eigenvalue weighted by Gasteiger charge is 2.32. The Kier molecular flexibility index (Phi) is 4.70. The van der Waals surface area contributed by atoms with Gasteiger partial charge in [-0.05, 0) is 42.8 Å². The van der Waals surface area contributed by atoms with Crippen molar-refractivity contribution in [2.24, 2.45) is 0 Å². The van der Waals surface area contributed by atoms with Gasteiger partial charge in [0.1, 0.15) is 17.8 Å². The monoisotopic (exact) mass is 310 g/mol. The molecule has 2 rings (SSSR count). The van der Waals surface area contributed by atoms with Gasteiger partial charge in [-0.15, -0.1) is 13.2 Å². The van der Waals surface area contributed by atoms with E-state index in [1.165, 1.54) is 12.1 Å². The maximum atomic E-state index is 12.5. The fraction of sp³-hybridized carbons (Fsp3) is 0.188. The Bertz CT molecular complexity index is 649. The summed E-state index contributed by atoms with van der Waals surface area (Å²) in [6, 6.07) is 10.3. The first-order chi connectivity index (χ1) is 10.4. The third kappa shape index (κ3) is 4.00. The largest absolute Gasteiger partial charge is 0.573 e. The number of hydrogen-bond acceptors (Lipinski definition) is 3. The third-order valence-electron chi connectivity index (χ3n) is 2.84. The second-order valence-electron chi connectivity index (χ2n) is 4.38. The molecule has 2 aromatic rings. The average molecular weight is 310 g/mol. The summed E-state index contributed by atoms with van der Waals surface area (Å²) in [6.07, 6.45) is -4.24. The molecule has 0 spiro atoms. The molecule has 0 amide bonds. The lowest BCUT2D eigenvalue weighted by Gasteiger charge is -2.14. The highest BCUT2D eigenvalue weighted by atomic mass is 19.4. The molecule has 0 aliphatic carbocycles. The Balaban J connectivity index is 2.44. The van der Waals surface area contributed by atoms with Gasteiger partial charge < -0.3 is 9.47 Å². The molecule has 116 valence electrons. The maximum absolute atomic E-state index is 12.5. The highest BCUT2D eigenvalue weighted by Crippen LogP contribution is 2.35. The van der Waals surface area contributed by atoms with Crippen LogP contribution in [0, 0.1) is 0 Å². The summed E-state index contributed by atoms with van der Waals surface area (Å²) in [5, 5.41) is 0. The molecule has 0 aromatic heterocycles. The first-order valence-electron chi connectivity index (χ1n) is 6.51. The minimum Gasteiger partial charge on any atom is -0.494 e. The maximum Gasteiger partial charge on any atom is 0.573 e. The van der Waals surface area contributed by atoms with Gasteiger partial charge in [-0.2, -0.15) is 0 Å². The van der Waals surface area contributed by atoms with Crippen molar-refractivity contribution >= 4 is 6.29 Å². The van der Waals surface area contributed by atoms with Crippen LogP contribution in [0.4, 0.5) is 13.2 Å². The zero-order chi connectivity index (χ0) is 16.2. The van der Waals surface area contributed by atoms with Crippen LogP contribution in [0.15, 0.2) is 42.5 Å². The van der Waals surface area contributed by atoms with Crippen molar-refractivity contribution in [1.82, 2.24) is 0 Å². The van der Waals surface area contributed by atoms with E-state index in [4.69, 9.17) is 4.74 Å². The molecule has 0 fully saturated rings. The molecule has 6 heteroatoms. The van der Waals surface area contributed by atoms with E-state index in [9.17, 15) is 18.0 Å². The lowest BCUT2D eigenvalue weighted by molar-refractivity contribution is -0.274. The summed E-state index contributed by atoms with van der Waals surface area (Å²) in [5.41, 5.74) is 0.940. The van der Waals surface area contributed by atoms with E-state index < -0.39 is 6.36 Å². The fourth-order valence-corrected chi connectivity index (χ4v) is 1.96. The van der Waals surface area contributed by atoms with Crippen LogP contribution in [0.3, 0.4) is 0 Å². The van der Waals surface area contributed by atoms with E-state index in [0.29, 0.717) is 24.2 Å². The first kappa shape index (κ1) is 15.9. The summed E-state index contributed by atoms with van der Waals surface area (Å²) in [4.78, 5) is 10.8. The molecular formula is C16H13F3O3. The summed E-state index contributed by atoms with van der Waals surface area (Å²) in [6.45, 7) is 2.32. The molecular weight excluding hydrogens is 297 g/mol. The number of benzene rings is 2. The molecule has 0 saturated heterocycles. The van der Waals surface area contributed by atoms with E-state index in [0.717, 1.165) is 6.07 Å². The molecule has 0 aliphatic heterocycles. The molecule has 0 unspecified atom stereocenters. The number of aldehydes is 1. The predicted octanol–water partition coefficient (Wildman–Crippen LogP) is 4.46. The molecule has 0 atom stereocenters. The van der Waals surface area contributed by atoms with Gasteiger partial charge in [-0.1, -0.05) is 12.1 Å². The lowest BCUT2D eigenvalue weighted by atomic mass is 10.0. The molecule has 0 aliphatic rings. The van der Waals surface area contributed by atoms with E-state index >= 15 is 0 Å². The Morgan fingerprint density at radius 3 is 2.32 bits per heavy atom. The van der Waals surface area contributed by atoms with Gasteiger partial charge in [0.15, 0.2) is 0 Å². The second kappa shape index (κ2) is 6.51. The number of carbonyl (C=O) groups is 1. The van der Waals surface area contributed by atoms with Crippen LogP contribution in [0.25, 0.3) is 11.1 Å². The van der Waals surface area contributed by atoms with E-state index in [1.807, 2.05) is 6.92 Å². The number of hydrogen-bond donors (Lipinski definition) is 0. The zero-order valence-corrected chi connectivity index (χ0v) is 11.7. The Labute approximate surface area is 125 Å². The molecule has 0 heterocycles. The molecule has 0 bridgehead atoms. The van der Waals surface area contributed by atoms with E-state index in [-0.39, 0.29) is 16.9 Å². The molecule has 2 aromatic carbocycles. The van der Waals surface area contributed by atoms with E-state index in [2.05, 4.69) is 4.74 Å². The van der Waals surface area contributed by atoms with Gasteiger partial charge in [-0.3, -0.25) is 4.79 Å². The number of alkyl halides is 3. The Morgan fingerprint density at radius 1 is 1.09 bits per heavy atom. The van der Waals surface area contributed by atoms with Gasteiger partial charge in [-0.25, -0.2) is 0 Å². The normalized spacial score (nSPS) is 11.1. The number of halogens is 3. The third-order valence-corrected chi connectivity index (χ3v) is 2.84. The average Bonchev–Trinajstić information content (AvgIpc) is 2.47. The van der Waals surface area contributed by atoms with Crippen molar-refractivity contribution in [2.45, 2.75) is 13.3 Å². The Hall–Kier alpha value is -2.50. The van der Waals surface area contributed by atoms with Crippen LogP contribution in [-0.2, 0) is 0 Å². The number of ether oxygens (including phenoxy) is 2. The van der Waals surface area contributed by atoms with Crippen LogP contribution in [-0.4, -0.2) is 19.3 Å². The number of carbonyl (C=O) groups excluding carboxylic acids is 1. The quantitative estimate of drug-likeness (QED) is 0.765. The van der Waals surface area contributed by atoms with Crippen molar-refractivity contribution in [1.29, 1.82) is 0 Å². The van der Waals surface area contributed by atoms with Crippen LogP contribution < -0.4 is 9.47 Å². The van der Waals surface area contributed by atoms with Crippen molar-refractivity contribution in [2.75, 3.05) is 6.61 Å². The SMILES string of the molecule is CCOc1ccc(-c2cc(C=O)ccc2OC(F)(F)F)cc1. The molecule has 22 heavy (non-hydrogen) atoms. The van der Waals surface area contributed by atoms with Crippen LogP contribution in [0.1, 0.15) is 17.3 Å². The van der Waals surface area contributed by atoms with Gasteiger partial charge in [0.05, 0.1) is 6.61 Å². The van der Waals surface area contributed by atoms with Crippen molar-refractivity contribution < 1.29 is 27.4 Å². The minimum atomic E-state index is -4.80. The summed E-state index contributed by atoms with van der Waals surface area (Å²) in [5.74, 6) is 0.248.